The molecule has 0 aromatic heterocycles. The molecule has 1 unspecified atom stereocenters. The largest absolute Gasteiger partial charge is 0.351 e. The molecular weight excluding hydrogens is 220 g/mol. The first-order chi connectivity index (χ1) is 5.79. The van der Waals surface area contributed by atoms with Crippen LogP contribution in [0.25, 0.3) is 0 Å². The summed E-state index contributed by atoms with van der Waals surface area (Å²) >= 11 is 3.47. The van der Waals surface area contributed by atoms with E-state index in [9.17, 15) is 0 Å². The highest BCUT2D eigenvalue weighted by Crippen LogP contribution is 2.23. The first-order valence-corrected chi connectivity index (χ1v) is 4.77. The zero-order valence-corrected chi connectivity index (χ0v) is 8.17. The summed E-state index contributed by atoms with van der Waals surface area (Å²) in [5.74, 6) is 0. The third kappa shape index (κ3) is 1.71. The van der Waals surface area contributed by atoms with Gasteiger partial charge in [-0.1, -0.05) is 6.08 Å². The van der Waals surface area contributed by atoms with Crippen molar-refractivity contribution in [1.82, 2.24) is 10.6 Å². The van der Waals surface area contributed by atoms with Crippen LogP contribution in [0.3, 0.4) is 0 Å². The summed E-state index contributed by atoms with van der Waals surface area (Å²) in [6, 6.07) is 0. The fraction of sp³-hybridized carbons (Fsp3) is 0.500. The third-order valence-corrected chi connectivity index (χ3v) is 2.56. The van der Waals surface area contributed by atoms with Crippen molar-refractivity contribution in [2.24, 2.45) is 0 Å². The fourth-order valence-corrected chi connectivity index (χ4v) is 1.66. The SMILES string of the molecule is BrC1(OC2CNC2)C=CC=CN1. The lowest BCUT2D eigenvalue weighted by Crippen LogP contribution is -2.54. The van der Waals surface area contributed by atoms with E-state index < -0.39 is 4.63 Å². The van der Waals surface area contributed by atoms with Crippen LogP contribution in [0.5, 0.6) is 0 Å². The normalized spacial score (nSPS) is 34.4. The van der Waals surface area contributed by atoms with Crippen LogP contribution in [0.4, 0.5) is 0 Å². The second kappa shape index (κ2) is 3.20. The Kier molecular flexibility index (Phi) is 2.21. The number of dihydropyridines is 1. The summed E-state index contributed by atoms with van der Waals surface area (Å²) in [6.45, 7) is 1.87. The van der Waals surface area contributed by atoms with Crippen molar-refractivity contribution in [3.05, 3.63) is 24.4 Å². The molecule has 1 saturated heterocycles. The Hall–Kier alpha value is -0.320. The van der Waals surface area contributed by atoms with Gasteiger partial charge in [-0.2, -0.15) is 0 Å². The zero-order valence-electron chi connectivity index (χ0n) is 6.59. The summed E-state index contributed by atoms with van der Waals surface area (Å²) in [5.41, 5.74) is 0. The zero-order chi connectivity index (χ0) is 8.44. The van der Waals surface area contributed by atoms with Crippen LogP contribution >= 0.6 is 15.9 Å². The number of hydrogen-bond donors (Lipinski definition) is 2. The van der Waals surface area contributed by atoms with Crippen molar-refractivity contribution in [1.29, 1.82) is 0 Å². The molecule has 0 bridgehead atoms. The lowest BCUT2D eigenvalue weighted by atomic mass is 10.2. The lowest BCUT2D eigenvalue weighted by molar-refractivity contribution is -0.0400. The van der Waals surface area contributed by atoms with Crippen molar-refractivity contribution in [2.45, 2.75) is 10.7 Å². The number of nitrogens with one attached hydrogen (secondary N) is 2. The predicted octanol–water partition coefficient (Wildman–Crippen LogP) is 0.697. The average molecular weight is 231 g/mol. The van der Waals surface area contributed by atoms with E-state index in [4.69, 9.17) is 4.74 Å². The highest BCUT2D eigenvalue weighted by Gasteiger charge is 2.30. The molecule has 2 aliphatic heterocycles. The number of allylic oxidation sites excluding steroid dienone is 2. The first-order valence-electron chi connectivity index (χ1n) is 3.98. The molecule has 66 valence electrons. The Morgan fingerprint density at radius 1 is 1.42 bits per heavy atom. The van der Waals surface area contributed by atoms with Crippen molar-refractivity contribution in [3.63, 3.8) is 0 Å². The van der Waals surface area contributed by atoms with Gasteiger partial charge in [-0.15, -0.1) is 0 Å². The summed E-state index contributed by atoms with van der Waals surface area (Å²) in [7, 11) is 0. The molecule has 0 aromatic rings. The van der Waals surface area contributed by atoms with Crippen LogP contribution in [0.15, 0.2) is 24.4 Å². The van der Waals surface area contributed by atoms with Crippen molar-refractivity contribution >= 4 is 15.9 Å². The van der Waals surface area contributed by atoms with Crippen LogP contribution in [0.1, 0.15) is 0 Å². The quantitative estimate of drug-likeness (QED) is 0.542. The summed E-state index contributed by atoms with van der Waals surface area (Å²) < 4.78 is 5.23. The smallest absolute Gasteiger partial charge is 0.215 e. The fourth-order valence-electron chi connectivity index (χ4n) is 1.11. The monoisotopic (exact) mass is 230 g/mol. The van der Waals surface area contributed by atoms with Gasteiger partial charge in [0.05, 0.1) is 6.10 Å². The van der Waals surface area contributed by atoms with Gasteiger partial charge >= 0.3 is 0 Å². The molecule has 0 radical (unpaired) electrons. The Morgan fingerprint density at radius 2 is 2.25 bits per heavy atom. The molecule has 12 heavy (non-hydrogen) atoms. The van der Waals surface area contributed by atoms with E-state index in [1.165, 1.54) is 0 Å². The highest BCUT2D eigenvalue weighted by atomic mass is 79.9. The topological polar surface area (TPSA) is 33.3 Å². The van der Waals surface area contributed by atoms with Gasteiger partial charge in [-0.05, 0) is 34.3 Å². The highest BCUT2D eigenvalue weighted by molar-refractivity contribution is 9.10. The molecule has 2 rings (SSSR count). The summed E-state index contributed by atoms with van der Waals surface area (Å²) in [4.78, 5) is 0. The Balaban J connectivity index is 1.91. The van der Waals surface area contributed by atoms with E-state index in [1.807, 2.05) is 24.4 Å². The van der Waals surface area contributed by atoms with E-state index in [-0.39, 0.29) is 0 Å². The van der Waals surface area contributed by atoms with Gasteiger partial charge in [0.1, 0.15) is 0 Å². The van der Waals surface area contributed by atoms with Gasteiger partial charge in [0.25, 0.3) is 0 Å². The number of hydrogen-bond acceptors (Lipinski definition) is 3. The maximum Gasteiger partial charge on any atom is 0.215 e. The van der Waals surface area contributed by atoms with Crippen molar-refractivity contribution < 1.29 is 4.74 Å². The minimum absolute atomic E-state index is 0.313. The van der Waals surface area contributed by atoms with Gasteiger partial charge in [0.2, 0.25) is 4.63 Å². The molecule has 0 aromatic carbocycles. The maximum atomic E-state index is 5.72. The van der Waals surface area contributed by atoms with Crippen LogP contribution < -0.4 is 10.6 Å². The number of halogens is 1. The molecule has 4 heteroatoms. The second-order valence-corrected chi connectivity index (χ2v) is 4.08. The van der Waals surface area contributed by atoms with Crippen LogP contribution in [-0.2, 0) is 4.74 Å². The van der Waals surface area contributed by atoms with E-state index in [1.54, 1.807) is 0 Å². The van der Waals surface area contributed by atoms with Crippen LogP contribution in [-0.4, -0.2) is 23.8 Å². The standard InChI is InChI=1S/C8H11BrN2O/c9-8(3-1-2-4-11-8)12-7-5-10-6-7/h1-4,7,10-11H,5-6H2. The number of alkyl halides is 1. The van der Waals surface area contributed by atoms with Crippen LogP contribution in [0, 0.1) is 0 Å². The van der Waals surface area contributed by atoms with Gasteiger partial charge in [0.15, 0.2) is 0 Å². The third-order valence-electron chi connectivity index (χ3n) is 1.88. The van der Waals surface area contributed by atoms with Crippen molar-refractivity contribution in [3.8, 4) is 0 Å². The van der Waals surface area contributed by atoms with E-state index in [0.717, 1.165) is 13.1 Å². The molecule has 0 aliphatic carbocycles. The Bertz CT molecular complexity index is 225. The molecule has 0 spiro atoms. The molecule has 3 nitrogen and oxygen atoms in total. The molecule has 0 amide bonds. The van der Waals surface area contributed by atoms with E-state index in [2.05, 4.69) is 26.6 Å². The van der Waals surface area contributed by atoms with Gasteiger partial charge in [-0.3, -0.25) is 0 Å². The summed E-state index contributed by atoms with van der Waals surface area (Å²) in [5, 5.41) is 6.25. The minimum atomic E-state index is -0.492. The minimum Gasteiger partial charge on any atom is -0.351 e. The van der Waals surface area contributed by atoms with Gasteiger partial charge in [-0.25, -0.2) is 0 Å². The average Bonchev–Trinajstić information content (AvgIpc) is 1.99. The van der Waals surface area contributed by atoms with E-state index in [0.29, 0.717) is 6.10 Å². The van der Waals surface area contributed by atoms with Crippen molar-refractivity contribution in [2.75, 3.05) is 13.1 Å². The summed E-state index contributed by atoms with van der Waals surface area (Å²) in [6.07, 6.45) is 8.01. The molecule has 1 fully saturated rings. The number of rotatable bonds is 2. The molecular formula is C8H11BrN2O. The molecule has 2 heterocycles. The Morgan fingerprint density at radius 3 is 2.75 bits per heavy atom. The number of ether oxygens (including phenoxy) is 1. The maximum absolute atomic E-state index is 5.72. The van der Waals surface area contributed by atoms with E-state index >= 15 is 0 Å². The molecule has 2 N–H and O–H groups in total. The molecule has 1 atom stereocenters. The predicted molar refractivity (Wildman–Crippen MR) is 50.8 cm³/mol. The molecule has 2 aliphatic rings. The first kappa shape index (κ1) is 8.29. The van der Waals surface area contributed by atoms with Gasteiger partial charge < -0.3 is 15.4 Å². The Labute approximate surface area is 80.0 Å². The van der Waals surface area contributed by atoms with Crippen LogP contribution in [0.2, 0.25) is 0 Å². The van der Waals surface area contributed by atoms with Gasteiger partial charge in [0, 0.05) is 13.1 Å². The molecule has 0 saturated carbocycles. The second-order valence-electron chi connectivity index (χ2n) is 2.91. The lowest BCUT2D eigenvalue weighted by Gasteiger charge is -2.35.